The van der Waals surface area contributed by atoms with Crippen LogP contribution in [0.15, 0.2) is 4.42 Å². The van der Waals surface area contributed by atoms with Crippen molar-refractivity contribution in [2.75, 3.05) is 23.4 Å². The zero-order valence-electron chi connectivity index (χ0n) is 9.42. The molecule has 0 aromatic carbocycles. The van der Waals surface area contributed by atoms with E-state index in [-0.39, 0.29) is 17.5 Å². The van der Waals surface area contributed by atoms with E-state index in [9.17, 15) is 8.42 Å². The standard InChI is InChI=1S/C9H16N4O3S/c10-4-1-8-12-13-9(16-8)11-7-2-5-17(14,15)6-3-7/h7H,1-6,10H2,(H,11,13). The van der Waals surface area contributed by atoms with Crippen molar-refractivity contribution in [2.45, 2.75) is 25.3 Å². The number of nitrogens with two attached hydrogens (primary N) is 1. The molecule has 0 bridgehead atoms. The van der Waals surface area contributed by atoms with Crippen molar-refractivity contribution in [1.82, 2.24) is 10.2 Å². The average molecular weight is 260 g/mol. The molecule has 17 heavy (non-hydrogen) atoms. The molecule has 2 heterocycles. The first-order chi connectivity index (χ1) is 8.09. The van der Waals surface area contributed by atoms with Gasteiger partial charge in [0, 0.05) is 19.0 Å². The maximum atomic E-state index is 11.2. The first kappa shape index (κ1) is 12.3. The maximum Gasteiger partial charge on any atom is 0.315 e. The number of hydrogen-bond donors (Lipinski definition) is 2. The Morgan fingerprint density at radius 1 is 1.35 bits per heavy atom. The van der Waals surface area contributed by atoms with E-state index < -0.39 is 9.84 Å². The Balaban J connectivity index is 1.88. The molecule has 8 heteroatoms. The molecule has 0 unspecified atom stereocenters. The van der Waals surface area contributed by atoms with Gasteiger partial charge >= 0.3 is 6.01 Å². The van der Waals surface area contributed by atoms with E-state index in [1.54, 1.807) is 0 Å². The Bertz CT molecular complexity index is 456. The molecule has 1 fully saturated rings. The van der Waals surface area contributed by atoms with Crippen molar-refractivity contribution in [1.29, 1.82) is 0 Å². The number of nitrogens with zero attached hydrogens (tertiary/aromatic N) is 2. The Kier molecular flexibility index (Phi) is 3.63. The lowest BCUT2D eigenvalue weighted by Gasteiger charge is -2.21. The van der Waals surface area contributed by atoms with E-state index in [2.05, 4.69) is 15.5 Å². The summed E-state index contributed by atoms with van der Waals surface area (Å²) < 4.78 is 27.8. The highest BCUT2D eigenvalue weighted by atomic mass is 32.2. The van der Waals surface area contributed by atoms with Crippen LogP contribution >= 0.6 is 0 Å². The van der Waals surface area contributed by atoms with Crippen LogP contribution in [-0.2, 0) is 16.3 Å². The van der Waals surface area contributed by atoms with Gasteiger partial charge in [0.1, 0.15) is 9.84 Å². The van der Waals surface area contributed by atoms with Gasteiger partial charge < -0.3 is 15.5 Å². The first-order valence-corrected chi connectivity index (χ1v) is 7.40. The third-order valence-electron chi connectivity index (χ3n) is 2.71. The van der Waals surface area contributed by atoms with Crippen LogP contribution in [-0.4, -0.2) is 42.7 Å². The maximum absolute atomic E-state index is 11.2. The largest absolute Gasteiger partial charge is 0.408 e. The lowest BCUT2D eigenvalue weighted by molar-refractivity contribution is 0.491. The summed E-state index contributed by atoms with van der Waals surface area (Å²) in [6, 6.07) is 0.433. The minimum absolute atomic E-state index is 0.0877. The SMILES string of the molecule is NCCc1nnc(NC2CCS(=O)(=O)CC2)o1. The molecule has 0 saturated carbocycles. The summed E-state index contributed by atoms with van der Waals surface area (Å²) >= 11 is 0. The van der Waals surface area contributed by atoms with E-state index in [0.717, 1.165) is 0 Å². The lowest BCUT2D eigenvalue weighted by atomic mass is 10.2. The zero-order valence-corrected chi connectivity index (χ0v) is 10.2. The van der Waals surface area contributed by atoms with Crippen LogP contribution in [0.1, 0.15) is 18.7 Å². The molecule has 0 aliphatic carbocycles. The third kappa shape index (κ3) is 3.40. The van der Waals surface area contributed by atoms with Gasteiger partial charge in [0.15, 0.2) is 0 Å². The van der Waals surface area contributed by atoms with Crippen LogP contribution in [0.3, 0.4) is 0 Å². The summed E-state index contributed by atoms with van der Waals surface area (Å²) in [7, 11) is -2.83. The van der Waals surface area contributed by atoms with Gasteiger partial charge in [0.25, 0.3) is 0 Å². The number of hydrogen-bond acceptors (Lipinski definition) is 7. The summed E-state index contributed by atoms with van der Waals surface area (Å²) in [5.41, 5.74) is 5.37. The number of sulfone groups is 1. The van der Waals surface area contributed by atoms with Gasteiger partial charge in [-0.1, -0.05) is 5.10 Å². The highest BCUT2D eigenvalue weighted by molar-refractivity contribution is 7.91. The van der Waals surface area contributed by atoms with E-state index in [1.807, 2.05) is 0 Å². The zero-order chi connectivity index (χ0) is 12.3. The number of aromatic nitrogens is 2. The third-order valence-corrected chi connectivity index (χ3v) is 4.42. The van der Waals surface area contributed by atoms with E-state index in [4.69, 9.17) is 10.2 Å². The predicted octanol–water partition coefficient (Wildman–Crippen LogP) is -0.440. The first-order valence-electron chi connectivity index (χ1n) is 5.58. The lowest BCUT2D eigenvalue weighted by Crippen LogP contribution is -2.32. The fourth-order valence-corrected chi connectivity index (χ4v) is 3.24. The molecule has 96 valence electrons. The smallest absolute Gasteiger partial charge is 0.315 e. The van der Waals surface area contributed by atoms with Crippen LogP contribution in [0, 0.1) is 0 Å². The number of rotatable bonds is 4. The molecule has 2 rings (SSSR count). The predicted molar refractivity (Wildman–Crippen MR) is 62.4 cm³/mol. The van der Waals surface area contributed by atoms with E-state index in [0.29, 0.717) is 37.7 Å². The fourth-order valence-electron chi connectivity index (χ4n) is 1.75. The second kappa shape index (κ2) is 5.01. The van der Waals surface area contributed by atoms with Gasteiger partial charge in [-0.15, -0.1) is 5.10 Å². The van der Waals surface area contributed by atoms with Gasteiger partial charge in [-0.3, -0.25) is 0 Å². The molecule has 0 radical (unpaired) electrons. The van der Waals surface area contributed by atoms with E-state index in [1.165, 1.54) is 0 Å². The molecule has 1 saturated heterocycles. The summed E-state index contributed by atoms with van der Waals surface area (Å²) in [4.78, 5) is 0. The summed E-state index contributed by atoms with van der Waals surface area (Å²) in [5, 5.41) is 10.7. The highest BCUT2D eigenvalue weighted by Crippen LogP contribution is 2.17. The van der Waals surface area contributed by atoms with Crippen LogP contribution in [0.5, 0.6) is 0 Å². The second-order valence-corrected chi connectivity index (χ2v) is 6.41. The van der Waals surface area contributed by atoms with Gasteiger partial charge in [0.05, 0.1) is 11.5 Å². The molecule has 1 aromatic heterocycles. The Hall–Kier alpha value is -1.15. The number of anilines is 1. The summed E-state index contributed by atoms with van der Waals surface area (Å²) in [6.45, 7) is 0.462. The van der Waals surface area contributed by atoms with Gasteiger partial charge in [-0.2, -0.15) is 0 Å². The molecular formula is C9H16N4O3S. The second-order valence-electron chi connectivity index (χ2n) is 4.11. The van der Waals surface area contributed by atoms with Crippen molar-refractivity contribution in [3.63, 3.8) is 0 Å². The normalized spacial score (nSPS) is 20.3. The van der Waals surface area contributed by atoms with Crippen molar-refractivity contribution < 1.29 is 12.8 Å². The Morgan fingerprint density at radius 2 is 2.06 bits per heavy atom. The molecule has 0 atom stereocenters. The van der Waals surface area contributed by atoms with Crippen molar-refractivity contribution >= 4 is 15.9 Å². The fraction of sp³-hybridized carbons (Fsp3) is 0.778. The van der Waals surface area contributed by atoms with Gasteiger partial charge in [-0.05, 0) is 12.8 Å². The van der Waals surface area contributed by atoms with Crippen molar-refractivity contribution in [3.05, 3.63) is 5.89 Å². The minimum Gasteiger partial charge on any atom is -0.408 e. The van der Waals surface area contributed by atoms with Crippen LogP contribution < -0.4 is 11.1 Å². The topological polar surface area (TPSA) is 111 Å². The van der Waals surface area contributed by atoms with Crippen LogP contribution in [0.2, 0.25) is 0 Å². The summed E-state index contributed by atoms with van der Waals surface area (Å²) in [6.07, 6.45) is 1.71. The molecule has 1 aromatic rings. The van der Waals surface area contributed by atoms with E-state index >= 15 is 0 Å². The number of nitrogens with one attached hydrogen (secondary N) is 1. The monoisotopic (exact) mass is 260 g/mol. The average Bonchev–Trinajstić information content (AvgIpc) is 2.70. The molecule has 0 spiro atoms. The molecule has 7 nitrogen and oxygen atoms in total. The Morgan fingerprint density at radius 3 is 2.71 bits per heavy atom. The molecule has 1 aliphatic rings. The van der Waals surface area contributed by atoms with Crippen LogP contribution in [0.4, 0.5) is 6.01 Å². The quantitative estimate of drug-likeness (QED) is 0.754. The van der Waals surface area contributed by atoms with Crippen molar-refractivity contribution in [3.8, 4) is 0 Å². The molecule has 0 amide bonds. The minimum atomic E-state index is -2.83. The van der Waals surface area contributed by atoms with Crippen molar-refractivity contribution in [2.24, 2.45) is 5.73 Å². The molecule has 1 aliphatic heterocycles. The van der Waals surface area contributed by atoms with Gasteiger partial charge in [0.2, 0.25) is 5.89 Å². The molecule has 3 N–H and O–H groups in total. The summed E-state index contributed by atoms with van der Waals surface area (Å²) in [5.74, 6) is 0.932. The highest BCUT2D eigenvalue weighted by Gasteiger charge is 2.24. The van der Waals surface area contributed by atoms with Gasteiger partial charge in [-0.25, -0.2) is 8.42 Å². The van der Waals surface area contributed by atoms with Crippen LogP contribution in [0.25, 0.3) is 0 Å². The Labute approximate surface area is 99.7 Å². The molecular weight excluding hydrogens is 244 g/mol.